The lowest BCUT2D eigenvalue weighted by Crippen LogP contribution is -2.09. The van der Waals surface area contributed by atoms with E-state index in [4.69, 9.17) is 0 Å². The summed E-state index contributed by atoms with van der Waals surface area (Å²) >= 11 is 4.58. The molecule has 4 nitrogen and oxygen atoms in total. The Morgan fingerprint density at radius 1 is 0.767 bits per heavy atom. The van der Waals surface area contributed by atoms with Gasteiger partial charge in [0.15, 0.2) is 5.13 Å². The molecule has 0 saturated heterocycles. The van der Waals surface area contributed by atoms with Crippen molar-refractivity contribution in [3.8, 4) is 9.88 Å². The first kappa shape index (κ1) is 17.7. The second-order valence-electron chi connectivity index (χ2n) is 6.76. The Bertz CT molecular complexity index is 1530. The van der Waals surface area contributed by atoms with Crippen molar-refractivity contribution in [2.75, 3.05) is 5.32 Å². The molecule has 6 aromatic rings. The lowest BCUT2D eigenvalue weighted by atomic mass is 10.1. The van der Waals surface area contributed by atoms with Gasteiger partial charge in [-0.3, -0.25) is 10.1 Å². The van der Waals surface area contributed by atoms with Crippen molar-refractivity contribution in [2.24, 2.45) is 0 Å². The topological polar surface area (TPSA) is 54.9 Å². The van der Waals surface area contributed by atoms with Crippen molar-refractivity contribution in [2.45, 2.75) is 0 Å². The third kappa shape index (κ3) is 2.99. The third-order valence-corrected chi connectivity index (χ3v) is 8.06. The van der Waals surface area contributed by atoms with Crippen LogP contribution in [0.2, 0.25) is 0 Å². The van der Waals surface area contributed by atoms with Crippen LogP contribution in [0.3, 0.4) is 0 Å². The van der Waals surface area contributed by atoms with E-state index in [9.17, 15) is 4.79 Å². The van der Waals surface area contributed by atoms with Crippen molar-refractivity contribution >= 4 is 76.3 Å². The number of benzene rings is 3. The summed E-state index contributed by atoms with van der Waals surface area (Å²) in [5.41, 5.74) is 1.91. The van der Waals surface area contributed by atoms with Crippen LogP contribution < -0.4 is 5.32 Å². The van der Waals surface area contributed by atoms with Gasteiger partial charge >= 0.3 is 0 Å². The number of rotatable bonds is 3. The Morgan fingerprint density at radius 2 is 1.63 bits per heavy atom. The smallest absolute Gasteiger partial charge is 0.267 e. The van der Waals surface area contributed by atoms with E-state index >= 15 is 0 Å². The fourth-order valence-corrected chi connectivity index (χ4v) is 6.22. The van der Waals surface area contributed by atoms with E-state index in [1.165, 1.54) is 22.7 Å². The highest BCUT2D eigenvalue weighted by molar-refractivity contribution is 7.26. The molecule has 0 aliphatic carbocycles. The first-order chi connectivity index (χ1) is 14.7. The van der Waals surface area contributed by atoms with Crippen molar-refractivity contribution in [3.05, 3.63) is 77.7 Å². The number of thiophene rings is 1. The summed E-state index contributed by atoms with van der Waals surface area (Å²) in [6.07, 6.45) is 0. The first-order valence-electron chi connectivity index (χ1n) is 9.30. The molecule has 0 radical (unpaired) electrons. The van der Waals surface area contributed by atoms with Gasteiger partial charge in [0.2, 0.25) is 0 Å². The van der Waals surface area contributed by atoms with Crippen molar-refractivity contribution in [1.29, 1.82) is 0 Å². The van der Waals surface area contributed by atoms with E-state index in [1.807, 2.05) is 42.5 Å². The van der Waals surface area contributed by atoms with Crippen LogP contribution in [0.15, 0.2) is 72.8 Å². The van der Waals surface area contributed by atoms with Gasteiger partial charge in [-0.1, -0.05) is 53.8 Å². The standard InChI is InChI=1S/C23H13N3OS3/c27-21(18-11-12-19(28-18)22-24-15-7-3-4-8-16(15)29-22)26-23-25-20-14-6-2-1-5-13(14)9-10-17(20)30-23/h1-12H,(H,25,26,27). The molecule has 3 aromatic carbocycles. The number of fused-ring (bicyclic) bond motifs is 4. The van der Waals surface area contributed by atoms with Gasteiger partial charge in [-0.15, -0.1) is 22.7 Å². The zero-order valence-electron chi connectivity index (χ0n) is 15.5. The molecule has 0 fully saturated rings. The number of amides is 1. The Balaban J connectivity index is 1.29. The number of aromatic nitrogens is 2. The summed E-state index contributed by atoms with van der Waals surface area (Å²) in [5, 5.41) is 6.76. The predicted molar refractivity (Wildman–Crippen MR) is 128 cm³/mol. The molecule has 0 saturated carbocycles. The zero-order valence-corrected chi connectivity index (χ0v) is 17.9. The normalized spacial score (nSPS) is 11.5. The van der Waals surface area contributed by atoms with Crippen LogP contribution in [0.25, 0.3) is 41.1 Å². The molecule has 0 aliphatic rings. The maximum atomic E-state index is 12.8. The maximum absolute atomic E-state index is 12.8. The molecule has 3 heterocycles. The lowest BCUT2D eigenvalue weighted by molar-refractivity contribution is 0.103. The molecule has 3 aromatic heterocycles. The average molecular weight is 444 g/mol. The summed E-state index contributed by atoms with van der Waals surface area (Å²) in [6.45, 7) is 0. The molecular formula is C23H13N3OS3. The van der Waals surface area contributed by atoms with Crippen molar-refractivity contribution in [3.63, 3.8) is 0 Å². The second-order valence-corrected chi connectivity index (χ2v) is 9.90. The van der Waals surface area contributed by atoms with Gasteiger partial charge in [0.05, 0.1) is 30.2 Å². The second kappa shape index (κ2) is 6.98. The highest BCUT2D eigenvalue weighted by Gasteiger charge is 2.15. The van der Waals surface area contributed by atoms with E-state index < -0.39 is 0 Å². The summed E-state index contributed by atoms with van der Waals surface area (Å²) in [6, 6.07) is 24.2. The number of carbonyl (C=O) groups is 1. The van der Waals surface area contributed by atoms with Crippen molar-refractivity contribution < 1.29 is 4.79 Å². The van der Waals surface area contributed by atoms with Crippen LogP contribution in [0, 0.1) is 0 Å². The Kier molecular flexibility index (Phi) is 4.12. The van der Waals surface area contributed by atoms with Crippen LogP contribution in [0.5, 0.6) is 0 Å². The minimum atomic E-state index is -0.143. The van der Waals surface area contributed by atoms with E-state index in [1.54, 1.807) is 11.3 Å². The molecule has 30 heavy (non-hydrogen) atoms. The molecule has 144 valence electrons. The van der Waals surface area contributed by atoms with Gasteiger partial charge in [0.25, 0.3) is 5.91 Å². The highest BCUT2D eigenvalue weighted by Crippen LogP contribution is 2.35. The number of nitrogens with one attached hydrogen (secondary N) is 1. The number of para-hydroxylation sites is 1. The van der Waals surface area contributed by atoms with Gasteiger partial charge in [-0.25, -0.2) is 9.97 Å². The molecule has 6 rings (SSSR count). The summed E-state index contributed by atoms with van der Waals surface area (Å²) in [7, 11) is 0. The fourth-order valence-electron chi connectivity index (χ4n) is 3.43. The average Bonchev–Trinajstić information content (AvgIpc) is 3.50. The molecule has 1 N–H and O–H groups in total. The monoisotopic (exact) mass is 443 g/mol. The predicted octanol–water partition coefficient (Wildman–Crippen LogP) is 7.04. The first-order valence-corrected chi connectivity index (χ1v) is 11.7. The van der Waals surface area contributed by atoms with Gasteiger partial charge < -0.3 is 0 Å². The molecule has 0 unspecified atom stereocenters. The van der Waals surface area contributed by atoms with E-state index in [0.29, 0.717) is 10.0 Å². The molecule has 0 aliphatic heterocycles. The molecule has 0 atom stereocenters. The van der Waals surface area contributed by atoms with E-state index in [2.05, 4.69) is 45.6 Å². The Morgan fingerprint density at radius 3 is 2.57 bits per heavy atom. The van der Waals surface area contributed by atoms with Crippen LogP contribution >= 0.6 is 34.0 Å². The molecule has 1 amide bonds. The third-order valence-electron chi connectivity index (χ3n) is 4.84. The van der Waals surface area contributed by atoms with Gasteiger partial charge in [0.1, 0.15) is 5.01 Å². The SMILES string of the molecule is O=C(Nc1nc2c(ccc3ccccc32)s1)c1ccc(-c2nc3ccccc3s2)s1. The fraction of sp³-hybridized carbons (Fsp3) is 0. The molecule has 0 spiro atoms. The number of nitrogens with zero attached hydrogens (tertiary/aromatic N) is 2. The van der Waals surface area contributed by atoms with Crippen LogP contribution in [0.4, 0.5) is 5.13 Å². The van der Waals surface area contributed by atoms with E-state index in [0.717, 1.165) is 41.1 Å². The maximum Gasteiger partial charge on any atom is 0.267 e. The Hall–Kier alpha value is -3.13. The summed E-state index contributed by atoms with van der Waals surface area (Å²) < 4.78 is 2.21. The quantitative estimate of drug-likeness (QED) is 0.319. The molecule has 0 bridgehead atoms. The van der Waals surface area contributed by atoms with Crippen LogP contribution in [-0.4, -0.2) is 15.9 Å². The van der Waals surface area contributed by atoms with E-state index in [-0.39, 0.29) is 5.91 Å². The van der Waals surface area contributed by atoms with Crippen LogP contribution in [0.1, 0.15) is 9.67 Å². The largest absolute Gasteiger partial charge is 0.297 e. The van der Waals surface area contributed by atoms with Crippen LogP contribution in [-0.2, 0) is 0 Å². The van der Waals surface area contributed by atoms with Gasteiger partial charge in [-0.05, 0) is 35.7 Å². The summed E-state index contributed by atoms with van der Waals surface area (Å²) in [4.78, 5) is 23.8. The van der Waals surface area contributed by atoms with Crippen molar-refractivity contribution in [1.82, 2.24) is 9.97 Å². The molecule has 7 heteroatoms. The minimum Gasteiger partial charge on any atom is -0.297 e. The highest BCUT2D eigenvalue weighted by atomic mass is 32.1. The van der Waals surface area contributed by atoms with Gasteiger partial charge in [-0.2, -0.15) is 0 Å². The number of hydrogen-bond acceptors (Lipinski definition) is 6. The number of carbonyl (C=O) groups excluding carboxylic acids is 1. The zero-order chi connectivity index (χ0) is 20.1. The number of thiazole rings is 2. The number of hydrogen-bond donors (Lipinski definition) is 1. The minimum absolute atomic E-state index is 0.143. The molecular weight excluding hydrogens is 430 g/mol. The summed E-state index contributed by atoms with van der Waals surface area (Å²) in [5.74, 6) is -0.143. The van der Waals surface area contributed by atoms with Gasteiger partial charge in [0, 0.05) is 5.39 Å². The Labute approximate surface area is 183 Å². The number of anilines is 1. The lowest BCUT2D eigenvalue weighted by Gasteiger charge is -1.98.